The zero-order chi connectivity index (χ0) is 13.4. The number of hydrogen-bond donors (Lipinski definition) is 1. The number of fused-ring (bicyclic) bond motifs is 1. The SMILES string of the molecule is CC(C)Cn1cc(CNC2CC2)c2ccc(Cl)cc21. The zero-order valence-electron chi connectivity index (χ0n) is 11.6. The highest BCUT2D eigenvalue weighted by atomic mass is 35.5. The monoisotopic (exact) mass is 276 g/mol. The molecular formula is C16H21ClN2. The third-order valence-corrected chi connectivity index (χ3v) is 3.88. The van der Waals surface area contributed by atoms with Gasteiger partial charge in [0.25, 0.3) is 0 Å². The summed E-state index contributed by atoms with van der Waals surface area (Å²) in [6.45, 7) is 6.51. The molecule has 1 aliphatic carbocycles. The van der Waals surface area contributed by atoms with Gasteiger partial charge in [0.15, 0.2) is 0 Å². The molecule has 1 aromatic heterocycles. The minimum absolute atomic E-state index is 0.638. The summed E-state index contributed by atoms with van der Waals surface area (Å²) in [5.41, 5.74) is 2.65. The summed E-state index contributed by atoms with van der Waals surface area (Å²) in [5.74, 6) is 0.638. The topological polar surface area (TPSA) is 17.0 Å². The minimum Gasteiger partial charge on any atom is -0.347 e. The second-order valence-electron chi connectivity index (χ2n) is 6.02. The molecule has 0 aliphatic heterocycles. The number of nitrogens with zero attached hydrogens (tertiary/aromatic N) is 1. The van der Waals surface area contributed by atoms with Gasteiger partial charge in [-0.05, 0) is 36.5 Å². The first-order valence-corrected chi connectivity index (χ1v) is 7.52. The van der Waals surface area contributed by atoms with Crippen LogP contribution in [-0.2, 0) is 13.1 Å². The van der Waals surface area contributed by atoms with Crippen molar-refractivity contribution in [2.45, 2.75) is 45.8 Å². The van der Waals surface area contributed by atoms with E-state index in [0.717, 1.165) is 24.2 Å². The lowest BCUT2D eigenvalue weighted by Crippen LogP contribution is -2.15. The van der Waals surface area contributed by atoms with Gasteiger partial charge in [0, 0.05) is 41.3 Å². The van der Waals surface area contributed by atoms with E-state index in [1.165, 1.54) is 29.3 Å². The molecule has 0 spiro atoms. The summed E-state index contributed by atoms with van der Waals surface area (Å²) >= 11 is 6.15. The number of nitrogens with one attached hydrogen (secondary N) is 1. The summed E-state index contributed by atoms with van der Waals surface area (Å²) in [5, 5.41) is 5.75. The van der Waals surface area contributed by atoms with E-state index in [9.17, 15) is 0 Å². The Morgan fingerprint density at radius 2 is 2.16 bits per heavy atom. The van der Waals surface area contributed by atoms with Crippen molar-refractivity contribution in [3.05, 3.63) is 35.0 Å². The molecule has 3 rings (SSSR count). The Morgan fingerprint density at radius 3 is 2.84 bits per heavy atom. The van der Waals surface area contributed by atoms with Crippen LogP contribution in [0.5, 0.6) is 0 Å². The van der Waals surface area contributed by atoms with Crippen molar-refractivity contribution >= 4 is 22.5 Å². The lowest BCUT2D eigenvalue weighted by Gasteiger charge is -2.08. The molecule has 2 nitrogen and oxygen atoms in total. The maximum absolute atomic E-state index is 6.15. The van der Waals surface area contributed by atoms with Gasteiger partial charge in [-0.1, -0.05) is 31.5 Å². The van der Waals surface area contributed by atoms with E-state index in [0.29, 0.717) is 5.92 Å². The van der Waals surface area contributed by atoms with Gasteiger partial charge in [-0.2, -0.15) is 0 Å². The van der Waals surface area contributed by atoms with Crippen molar-refractivity contribution in [2.75, 3.05) is 0 Å². The molecule has 19 heavy (non-hydrogen) atoms. The van der Waals surface area contributed by atoms with Gasteiger partial charge in [0.1, 0.15) is 0 Å². The van der Waals surface area contributed by atoms with Crippen molar-refractivity contribution in [3.8, 4) is 0 Å². The van der Waals surface area contributed by atoms with Crippen LogP contribution in [0.2, 0.25) is 5.02 Å². The smallest absolute Gasteiger partial charge is 0.0498 e. The van der Waals surface area contributed by atoms with E-state index in [1.807, 2.05) is 6.07 Å². The van der Waals surface area contributed by atoms with Crippen LogP contribution in [0.25, 0.3) is 10.9 Å². The van der Waals surface area contributed by atoms with E-state index < -0.39 is 0 Å². The van der Waals surface area contributed by atoms with Crippen LogP contribution in [0.4, 0.5) is 0 Å². The van der Waals surface area contributed by atoms with Crippen molar-refractivity contribution in [1.82, 2.24) is 9.88 Å². The highest BCUT2D eigenvalue weighted by Gasteiger charge is 2.21. The van der Waals surface area contributed by atoms with Crippen molar-refractivity contribution in [2.24, 2.45) is 5.92 Å². The van der Waals surface area contributed by atoms with Crippen molar-refractivity contribution in [1.29, 1.82) is 0 Å². The van der Waals surface area contributed by atoms with Gasteiger partial charge >= 0.3 is 0 Å². The Morgan fingerprint density at radius 1 is 1.37 bits per heavy atom. The summed E-state index contributed by atoms with van der Waals surface area (Å²) in [6.07, 6.45) is 4.95. The van der Waals surface area contributed by atoms with E-state index in [-0.39, 0.29) is 0 Å². The number of aromatic nitrogens is 1. The Bertz CT molecular complexity index is 582. The number of benzene rings is 1. The van der Waals surface area contributed by atoms with Gasteiger partial charge < -0.3 is 9.88 Å². The van der Waals surface area contributed by atoms with Gasteiger partial charge in [-0.3, -0.25) is 0 Å². The van der Waals surface area contributed by atoms with Crippen LogP contribution in [0.1, 0.15) is 32.3 Å². The largest absolute Gasteiger partial charge is 0.347 e. The molecule has 1 aromatic carbocycles. The molecule has 1 saturated carbocycles. The Hall–Kier alpha value is -0.990. The average molecular weight is 277 g/mol. The normalized spacial score (nSPS) is 15.6. The standard InChI is InChI=1S/C16H21ClN2/c1-11(2)9-19-10-12(8-18-14-4-5-14)15-6-3-13(17)7-16(15)19/h3,6-7,10-11,14,18H,4-5,8-9H2,1-2H3. The molecular weight excluding hydrogens is 256 g/mol. The number of rotatable bonds is 5. The fourth-order valence-electron chi connectivity index (χ4n) is 2.57. The third-order valence-electron chi connectivity index (χ3n) is 3.65. The predicted molar refractivity (Wildman–Crippen MR) is 81.6 cm³/mol. The molecule has 0 bridgehead atoms. The van der Waals surface area contributed by atoms with Crippen LogP contribution in [-0.4, -0.2) is 10.6 Å². The lowest BCUT2D eigenvalue weighted by molar-refractivity contribution is 0.533. The van der Waals surface area contributed by atoms with Crippen molar-refractivity contribution < 1.29 is 0 Å². The van der Waals surface area contributed by atoms with Gasteiger partial charge in [0.2, 0.25) is 0 Å². The zero-order valence-corrected chi connectivity index (χ0v) is 12.4. The first-order chi connectivity index (χ1) is 9.13. The van der Waals surface area contributed by atoms with Crippen LogP contribution in [0.3, 0.4) is 0 Å². The number of hydrogen-bond acceptors (Lipinski definition) is 1. The Balaban J connectivity index is 1.95. The molecule has 1 N–H and O–H groups in total. The summed E-state index contributed by atoms with van der Waals surface area (Å²) in [7, 11) is 0. The number of halogens is 1. The molecule has 2 aromatic rings. The molecule has 0 atom stereocenters. The van der Waals surface area contributed by atoms with Crippen LogP contribution < -0.4 is 5.32 Å². The summed E-state index contributed by atoms with van der Waals surface area (Å²) in [4.78, 5) is 0. The molecule has 0 radical (unpaired) electrons. The minimum atomic E-state index is 0.638. The van der Waals surface area contributed by atoms with Crippen LogP contribution in [0.15, 0.2) is 24.4 Å². The van der Waals surface area contributed by atoms with Gasteiger partial charge in [-0.15, -0.1) is 0 Å². The fraction of sp³-hybridized carbons (Fsp3) is 0.500. The highest BCUT2D eigenvalue weighted by molar-refractivity contribution is 6.31. The predicted octanol–water partition coefficient (Wildman–Crippen LogP) is 4.20. The summed E-state index contributed by atoms with van der Waals surface area (Å²) < 4.78 is 2.34. The van der Waals surface area contributed by atoms with Crippen molar-refractivity contribution in [3.63, 3.8) is 0 Å². The fourth-order valence-corrected chi connectivity index (χ4v) is 2.73. The molecule has 1 aliphatic rings. The first-order valence-electron chi connectivity index (χ1n) is 7.14. The molecule has 102 valence electrons. The molecule has 0 amide bonds. The third kappa shape index (κ3) is 2.96. The quantitative estimate of drug-likeness (QED) is 0.866. The lowest BCUT2D eigenvalue weighted by atomic mass is 10.2. The maximum Gasteiger partial charge on any atom is 0.0498 e. The highest BCUT2D eigenvalue weighted by Crippen LogP contribution is 2.27. The Kier molecular flexibility index (Phi) is 3.55. The van der Waals surface area contributed by atoms with Crippen LogP contribution in [0, 0.1) is 5.92 Å². The Labute approximate surface area is 119 Å². The molecule has 3 heteroatoms. The average Bonchev–Trinajstić information content (AvgIpc) is 3.12. The van der Waals surface area contributed by atoms with E-state index >= 15 is 0 Å². The van der Waals surface area contributed by atoms with E-state index in [2.05, 4.69) is 42.1 Å². The molecule has 1 heterocycles. The van der Waals surface area contributed by atoms with Crippen LogP contribution >= 0.6 is 11.6 Å². The van der Waals surface area contributed by atoms with E-state index in [1.54, 1.807) is 0 Å². The second kappa shape index (κ2) is 5.18. The summed E-state index contributed by atoms with van der Waals surface area (Å²) in [6, 6.07) is 6.97. The van der Waals surface area contributed by atoms with E-state index in [4.69, 9.17) is 11.6 Å². The molecule has 0 unspecified atom stereocenters. The molecule has 0 saturated heterocycles. The van der Waals surface area contributed by atoms with Gasteiger partial charge in [-0.25, -0.2) is 0 Å². The van der Waals surface area contributed by atoms with Gasteiger partial charge in [0.05, 0.1) is 0 Å². The molecule has 1 fully saturated rings. The maximum atomic E-state index is 6.15. The second-order valence-corrected chi connectivity index (χ2v) is 6.45. The first kappa shape index (κ1) is 13.0.